The summed E-state index contributed by atoms with van der Waals surface area (Å²) in [6.07, 6.45) is 4.33. The molecule has 1 aromatic rings. The number of pyridine rings is 1. The van der Waals surface area contributed by atoms with Gasteiger partial charge >= 0.3 is 0 Å². The summed E-state index contributed by atoms with van der Waals surface area (Å²) in [5, 5.41) is 8.71. The molecule has 1 aromatic heterocycles. The molecule has 15 heavy (non-hydrogen) atoms. The Hall–Kier alpha value is -0.960. The Balaban J connectivity index is 3.26. The van der Waals surface area contributed by atoms with Gasteiger partial charge in [0.15, 0.2) is 6.19 Å². The van der Waals surface area contributed by atoms with Gasteiger partial charge < -0.3 is 0 Å². The molecular weight excluding hydrogens is 257 g/mol. The van der Waals surface area contributed by atoms with Gasteiger partial charge in [0.2, 0.25) is 0 Å². The van der Waals surface area contributed by atoms with Gasteiger partial charge in [-0.1, -0.05) is 23.2 Å². The maximum atomic E-state index is 11.8. The van der Waals surface area contributed by atoms with Gasteiger partial charge in [0.1, 0.15) is 9.48 Å². The summed E-state index contributed by atoms with van der Waals surface area (Å²) in [5.74, 6) is 0. The van der Waals surface area contributed by atoms with Crippen molar-refractivity contribution in [2.45, 2.75) is 0 Å². The lowest BCUT2D eigenvalue weighted by Crippen LogP contribution is -2.22. The van der Waals surface area contributed by atoms with Crippen LogP contribution in [0.3, 0.4) is 0 Å². The minimum atomic E-state index is -2.74. The zero-order valence-corrected chi connectivity index (χ0v) is 10.0. The van der Waals surface area contributed by atoms with Gasteiger partial charge in [0.05, 0.1) is 9.71 Å². The molecule has 1 atom stereocenters. The molecule has 4 nitrogen and oxygen atoms in total. The summed E-state index contributed by atoms with van der Waals surface area (Å²) in [4.78, 5) is 3.80. The lowest BCUT2D eigenvalue weighted by Gasteiger charge is -2.05. The van der Waals surface area contributed by atoms with Crippen molar-refractivity contribution >= 4 is 37.2 Å². The van der Waals surface area contributed by atoms with Crippen LogP contribution in [0.1, 0.15) is 5.56 Å². The van der Waals surface area contributed by atoms with Crippen molar-refractivity contribution in [3.63, 3.8) is 0 Å². The van der Waals surface area contributed by atoms with Crippen LogP contribution in [0.4, 0.5) is 0 Å². The first kappa shape index (κ1) is 12.1. The molecular formula is C8H7Cl2N3OS. The van der Waals surface area contributed by atoms with Crippen molar-refractivity contribution in [2.75, 3.05) is 6.26 Å². The molecule has 0 spiro atoms. The molecule has 0 saturated carbocycles. The molecule has 0 aromatic carbocycles. The van der Waals surface area contributed by atoms with Crippen LogP contribution in [-0.2, 0) is 9.71 Å². The third kappa shape index (κ3) is 2.99. The van der Waals surface area contributed by atoms with Crippen LogP contribution in [-0.4, -0.2) is 19.8 Å². The van der Waals surface area contributed by atoms with E-state index in [9.17, 15) is 4.21 Å². The summed E-state index contributed by atoms with van der Waals surface area (Å²) in [6, 6.07) is 3.11. The fourth-order valence-electron chi connectivity index (χ4n) is 0.849. The van der Waals surface area contributed by atoms with Gasteiger partial charge in [-0.2, -0.15) is 5.26 Å². The first-order valence-corrected chi connectivity index (χ1v) is 6.49. The van der Waals surface area contributed by atoms with Crippen molar-refractivity contribution < 1.29 is 4.21 Å². The van der Waals surface area contributed by atoms with E-state index in [0.717, 1.165) is 0 Å². The summed E-state index contributed by atoms with van der Waals surface area (Å²) in [7, 11) is -2.74. The van der Waals surface area contributed by atoms with Gasteiger partial charge in [0.25, 0.3) is 0 Å². The topological polar surface area (TPSA) is 65.8 Å². The van der Waals surface area contributed by atoms with Crippen LogP contribution in [0.25, 0.3) is 0 Å². The average molecular weight is 264 g/mol. The molecule has 0 amide bonds. The van der Waals surface area contributed by atoms with E-state index in [4.69, 9.17) is 28.5 Å². The molecule has 1 N–H and O–H groups in total. The fourth-order valence-corrected chi connectivity index (χ4v) is 2.02. The highest BCUT2D eigenvalue weighted by atomic mass is 35.5. The van der Waals surface area contributed by atoms with E-state index in [2.05, 4.69) is 9.71 Å². The van der Waals surface area contributed by atoms with Crippen molar-refractivity contribution in [3.05, 3.63) is 29.0 Å². The van der Waals surface area contributed by atoms with E-state index in [1.165, 1.54) is 18.5 Å². The number of rotatable bonds is 2. The second-order valence-electron chi connectivity index (χ2n) is 2.70. The molecule has 0 fully saturated rings. The number of halogens is 2. The highest BCUT2D eigenvalue weighted by molar-refractivity contribution is 8.02. The number of aromatic nitrogens is 1. The number of nitrogens with one attached hydrogen (secondary N) is 1. The summed E-state index contributed by atoms with van der Waals surface area (Å²) in [6.45, 7) is 0. The Morgan fingerprint density at radius 1 is 1.67 bits per heavy atom. The highest BCUT2D eigenvalue weighted by Crippen LogP contribution is 2.10. The average Bonchev–Trinajstić information content (AvgIpc) is 2.18. The standard InChI is InChI=1S/C8H7Cl2N3OS/c1-15(14,13-5-11)8(10)6-2-3-7(9)12-4-6/h2-4H,1H3,(H,13,14). The molecule has 0 bridgehead atoms. The van der Waals surface area contributed by atoms with Crippen molar-refractivity contribution in [2.24, 2.45) is 0 Å². The Kier molecular flexibility index (Phi) is 3.80. The predicted molar refractivity (Wildman–Crippen MR) is 62.0 cm³/mol. The van der Waals surface area contributed by atoms with Gasteiger partial charge in [-0.3, -0.25) is 0 Å². The minimum Gasteiger partial charge on any atom is -0.248 e. The molecule has 0 saturated heterocycles. The summed E-state index contributed by atoms with van der Waals surface area (Å²) < 4.78 is 14.0. The molecule has 1 heterocycles. The zero-order valence-electron chi connectivity index (χ0n) is 7.70. The van der Waals surface area contributed by atoms with Gasteiger partial charge in [0, 0.05) is 18.0 Å². The van der Waals surface area contributed by atoms with E-state index < -0.39 is 9.71 Å². The van der Waals surface area contributed by atoms with E-state index in [1.807, 2.05) is 0 Å². The number of hydrogen-bond donors (Lipinski definition) is 1. The minimum absolute atomic E-state index is 0.0493. The Morgan fingerprint density at radius 3 is 2.80 bits per heavy atom. The molecule has 1 rings (SSSR count). The molecule has 1 unspecified atom stereocenters. The van der Waals surface area contributed by atoms with Crippen molar-refractivity contribution in [1.82, 2.24) is 9.71 Å². The lowest BCUT2D eigenvalue weighted by molar-refractivity contribution is 0.681. The zero-order chi connectivity index (χ0) is 11.5. The van der Waals surface area contributed by atoms with Crippen LogP contribution in [0, 0.1) is 11.5 Å². The van der Waals surface area contributed by atoms with E-state index >= 15 is 0 Å². The molecule has 0 aliphatic rings. The first-order chi connectivity index (χ1) is 6.97. The van der Waals surface area contributed by atoms with Crippen LogP contribution in [0.2, 0.25) is 5.15 Å². The highest BCUT2D eigenvalue weighted by Gasteiger charge is 2.09. The third-order valence-corrected chi connectivity index (χ3v) is 4.26. The van der Waals surface area contributed by atoms with Gasteiger partial charge in [-0.05, 0) is 12.1 Å². The second kappa shape index (κ2) is 4.71. The maximum absolute atomic E-state index is 11.8. The molecule has 80 valence electrons. The normalized spacial score (nSPS) is 13.7. The van der Waals surface area contributed by atoms with Crippen LogP contribution in [0.5, 0.6) is 0 Å². The summed E-state index contributed by atoms with van der Waals surface area (Å²) >= 11 is 11.5. The lowest BCUT2D eigenvalue weighted by atomic mass is 10.3. The monoisotopic (exact) mass is 263 g/mol. The van der Waals surface area contributed by atoms with Gasteiger partial charge in [-0.15, -0.1) is 0 Å². The van der Waals surface area contributed by atoms with E-state index in [0.29, 0.717) is 10.7 Å². The smallest absolute Gasteiger partial charge is 0.188 e. The van der Waals surface area contributed by atoms with E-state index in [-0.39, 0.29) is 4.32 Å². The predicted octanol–water partition coefficient (Wildman–Crippen LogP) is 1.35. The SMILES string of the molecule is CS(=O)(NC#N)=C(Cl)c1ccc(Cl)nc1. The second-order valence-corrected chi connectivity index (χ2v) is 5.99. The number of hydrogen-bond acceptors (Lipinski definition) is 3. The molecule has 7 heteroatoms. The molecule has 0 aliphatic carbocycles. The Bertz CT molecular complexity index is 512. The van der Waals surface area contributed by atoms with E-state index in [1.54, 1.807) is 12.3 Å². The quantitative estimate of drug-likeness (QED) is 0.288. The largest absolute Gasteiger partial charge is 0.248 e. The third-order valence-electron chi connectivity index (χ3n) is 1.54. The van der Waals surface area contributed by atoms with Crippen molar-refractivity contribution in [1.29, 1.82) is 5.26 Å². The molecule has 0 radical (unpaired) electrons. The first-order valence-electron chi connectivity index (χ1n) is 3.77. The Morgan fingerprint density at radius 2 is 2.33 bits per heavy atom. The van der Waals surface area contributed by atoms with Crippen LogP contribution >= 0.6 is 23.2 Å². The number of nitrogens with zero attached hydrogens (tertiary/aromatic N) is 2. The number of nitriles is 1. The maximum Gasteiger partial charge on any atom is 0.188 e. The van der Waals surface area contributed by atoms with Gasteiger partial charge in [-0.25, -0.2) is 13.9 Å². The van der Waals surface area contributed by atoms with Crippen LogP contribution < -0.4 is 4.72 Å². The fraction of sp³-hybridized carbons (Fsp3) is 0.125. The molecule has 0 aliphatic heterocycles. The van der Waals surface area contributed by atoms with Crippen LogP contribution in [0.15, 0.2) is 18.3 Å². The summed E-state index contributed by atoms with van der Waals surface area (Å²) in [5.41, 5.74) is 0.469. The Labute approximate surface area is 98.0 Å². The van der Waals surface area contributed by atoms with Crippen molar-refractivity contribution in [3.8, 4) is 6.19 Å².